The number of carbonyl (C=O) groups excluding carboxylic acids is 3. The molecule has 1 heterocycles. The Labute approximate surface area is 234 Å². The highest BCUT2D eigenvalue weighted by Gasteiger charge is 2.34. The van der Waals surface area contributed by atoms with Crippen molar-refractivity contribution in [2.75, 3.05) is 34.2 Å². The van der Waals surface area contributed by atoms with Crippen LogP contribution < -0.4 is 19.5 Å². The second-order valence-corrected chi connectivity index (χ2v) is 8.69. The van der Waals surface area contributed by atoms with Gasteiger partial charge in [-0.05, 0) is 32.4 Å². The Kier molecular flexibility index (Phi) is 13.7. The molecule has 0 aliphatic rings. The average molecular weight is 563 g/mol. The number of nitrogens with zero attached hydrogens (tertiary/aromatic N) is 1. The summed E-state index contributed by atoms with van der Waals surface area (Å²) in [5.41, 5.74) is -0.169. The summed E-state index contributed by atoms with van der Waals surface area (Å²) < 4.78 is 38.6. The fourth-order valence-electron chi connectivity index (χ4n) is 3.54. The molecule has 2 aromatic rings. The number of ether oxygens (including phenoxy) is 7. The van der Waals surface area contributed by atoms with Gasteiger partial charge in [-0.15, -0.1) is 0 Å². The molecular weight excluding hydrogens is 524 g/mol. The molecule has 220 valence electrons. The van der Waals surface area contributed by atoms with Crippen LogP contribution in [0.1, 0.15) is 44.6 Å². The normalized spacial score (nSPS) is 13.8. The first-order chi connectivity index (χ1) is 19.2. The monoisotopic (exact) mass is 562 g/mol. The Morgan fingerprint density at radius 2 is 1.77 bits per heavy atom. The maximum Gasteiger partial charge on any atom is 0.328 e. The lowest BCUT2D eigenvalue weighted by Crippen LogP contribution is -2.49. The second-order valence-electron chi connectivity index (χ2n) is 8.69. The number of pyridine rings is 1. The predicted octanol–water partition coefficient (Wildman–Crippen LogP) is 2.93. The molecule has 0 spiro atoms. The Morgan fingerprint density at radius 3 is 2.40 bits per heavy atom. The molecule has 1 aromatic heterocycles. The maximum absolute atomic E-state index is 13.0. The molecule has 12 nitrogen and oxygen atoms in total. The summed E-state index contributed by atoms with van der Waals surface area (Å²) in [6.45, 7) is 6.57. The lowest BCUT2D eigenvalue weighted by molar-refractivity contribution is -0.162. The first kappa shape index (κ1) is 32.3. The number of aromatic nitrogens is 1. The number of hydrogen-bond donors (Lipinski definition) is 1. The van der Waals surface area contributed by atoms with E-state index < -0.39 is 49.0 Å². The molecule has 0 fully saturated rings. The average Bonchev–Trinajstić information content (AvgIpc) is 2.94. The highest BCUT2D eigenvalue weighted by Crippen LogP contribution is 2.29. The fraction of sp³-hybridized carbons (Fsp3) is 0.500. The minimum absolute atomic E-state index is 0.0514. The van der Waals surface area contributed by atoms with Gasteiger partial charge in [0.1, 0.15) is 24.0 Å². The largest absolute Gasteiger partial charge is 0.493 e. The van der Waals surface area contributed by atoms with Gasteiger partial charge in [0.2, 0.25) is 6.79 Å². The Bertz CT molecular complexity index is 1080. The van der Waals surface area contributed by atoms with Crippen LogP contribution in [-0.2, 0) is 28.5 Å². The second kappa shape index (κ2) is 16.9. The number of nitrogens with one attached hydrogen (secondary N) is 1. The van der Waals surface area contributed by atoms with E-state index in [0.717, 1.165) is 6.42 Å². The van der Waals surface area contributed by atoms with Gasteiger partial charge in [0.25, 0.3) is 5.91 Å². The van der Waals surface area contributed by atoms with E-state index in [1.54, 1.807) is 26.2 Å². The van der Waals surface area contributed by atoms with Crippen LogP contribution in [0.25, 0.3) is 0 Å². The number of hydrogen-bond acceptors (Lipinski definition) is 11. The van der Waals surface area contributed by atoms with Gasteiger partial charge in [-0.1, -0.05) is 25.1 Å². The number of methoxy groups -OCH3 is 2. The number of rotatable bonds is 17. The zero-order chi connectivity index (χ0) is 29.5. The van der Waals surface area contributed by atoms with E-state index in [1.165, 1.54) is 33.2 Å². The molecule has 1 amide bonds. The smallest absolute Gasteiger partial charge is 0.328 e. The van der Waals surface area contributed by atoms with Gasteiger partial charge in [0.05, 0.1) is 13.7 Å². The zero-order valence-electron chi connectivity index (χ0n) is 23.7. The summed E-state index contributed by atoms with van der Waals surface area (Å²) in [5, 5.41) is 2.55. The maximum atomic E-state index is 13.0. The van der Waals surface area contributed by atoms with Crippen LogP contribution in [0.2, 0.25) is 0 Å². The third-order valence-corrected chi connectivity index (χ3v) is 5.48. The van der Waals surface area contributed by atoms with Crippen LogP contribution in [0, 0.1) is 0 Å². The van der Waals surface area contributed by atoms with E-state index in [-0.39, 0.29) is 23.8 Å². The molecule has 0 saturated carbocycles. The van der Waals surface area contributed by atoms with E-state index in [1.807, 2.05) is 25.1 Å². The van der Waals surface area contributed by atoms with E-state index in [0.29, 0.717) is 12.4 Å². The van der Waals surface area contributed by atoms with Crippen LogP contribution in [0.3, 0.4) is 0 Å². The zero-order valence-corrected chi connectivity index (χ0v) is 23.7. The lowest BCUT2D eigenvalue weighted by Gasteiger charge is -2.32. The molecule has 0 unspecified atom stereocenters. The van der Waals surface area contributed by atoms with Crippen molar-refractivity contribution >= 4 is 17.8 Å². The standard InChI is InChI=1S/C28H38N2O10/c1-7-15-36-23(16-34-5)25(40-21-11-9-8-10-12-21)19(3)39-28(33)18(2)30-27(32)24-26(38-17-37-20(4)31)22(35-6)13-14-29-24/h8-14,18-19,23,25H,7,15-17H2,1-6H3,(H,30,32)/t18-,19-,23-,25-/m0/s1. The molecule has 0 aliphatic carbocycles. The first-order valence-corrected chi connectivity index (χ1v) is 12.8. The van der Waals surface area contributed by atoms with Gasteiger partial charge in [-0.2, -0.15) is 0 Å². The predicted molar refractivity (Wildman–Crippen MR) is 143 cm³/mol. The van der Waals surface area contributed by atoms with Gasteiger partial charge in [-0.3, -0.25) is 9.59 Å². The van der Waals surface area contributed by atoms with Crippen LogP contribution in [-0.4, -0.2) is 81.4 Å². The molecule has 0 bridgehead atoms. The molecule has 1 aromatic carbocycles. The Hall–Kier alpha value is -3.90. The van der Waals surface area contributed by atoms with Crippen LogP contribution in [0.15, 0.2) is 42.6 Å². The summed E-state index contributed by atoms with van der Waals surface area (Å²) in [6, 6.07) is 9.50. The van der Waals surface area contributed by atoms with Gasteiger partial charge in [-0.25, -0.2) is 9.78 Å². The lowest BCUT2D eigenvalue weighted by atomic mass is 10.1. The van der Waals surface area contributed by atoms with E-state index in [9.17, 15) is 14.4 Å². The van der Waals surface area contributed by atoms with Crippen LogP contribution >= 0.6 is 0 Å². The highest BCUT2D eigenvalue weighted by molar-refractivity contribution is 5.98. The summed E-state index contributed by atoms with van der Waals surface area (Å²) in [4.78, 5) is 41.2. The van der Waals surface area contributed by atoms with Crippen LogP contribution in [0.4, 0.5) is 0 Å². The number of para-hydroxylation sites is 1. The van der Waals surface area contributed by atoms with Crippen molar-refractivity contribution in [3.05, 3.63) is 48.3 Å². The molecule has 0 aliphatic heterocycles. The van der Waals surface area contributed by atoms with Crippen molar-refractivity contribution in [2.45, 2.75) is 58.5 Å². The summed E-state index contributed by atoms with van der Waals surface area (Å²) in [6.07, 6.45) is 0.106. The summed E-state index contributed by atoms with van der Waals surface area (Å²) in [5.74, 6) is -1.29. The minimum Gasteiger partial charge on any atom is -0.493 e. The van der Waals surface area contributed by atoms with Crippen molar-refractivity contribution in [3.63, 3.8) is 0 Å². The van der Waals surface area contributed by atoms with Gasteiger partial charge < -0.3 is 38.5 Å². The quantitative estimate of drug-likeness (QED) is 0.225. The Balaban J connectivity index is 2.15. The summed E-state index contributed by atoms with van der Waals surface area (Å²) >= 11 is 0. The minimum atomic E-state index is -1.07. The molecule has 1 N–H and O–H groups in total. The molecule has 0 radical (unpaired) electrons. The molecule has 12 heteroatoms. The van der Waals surface area contributed by atoms with E-state index in [4.69, 9.17) is 33.2 Å². The highest BCUT2D eigenvalue weighted by atomic mass is 16.7. The van der Waals surface area contributed by atoms with Crippen molar-refractivity contribution in [1.29, 1.82) is 0 Å². The van der Waals surface area contributed by atoms with Crippen molar-refractivity contribution in [1.82, 2.24) is 10.3 Å². The number of carbonyl (C=O) groups is 3. The van der Waals surface area contributed by atoms with Crippen molar-refractivity contribution in [2.24, 2.45) is 0 Å². The molecular formula is C28H38N2O10. The third-order valence-electron chi connectivity index (χ3n) is 5.48. The number of esters is 2. The summed E-state index contributed by atoms with van der Waals surface area (Å²) in [7, 11) is 2.93. The Morgan fingerprint density at radius 1 is 1.05 bits per heavy atom. The third kappa shape index (κ3) is 10.0. The molecule has 40 heavy (non-hydrogen) atoms. The molecule has 2 rings (SSSR count). The van der Waals surface area contributed by atoms with E-state index >= 15 is 0 Å². The van der Waals surface area contributed by atoms with Gasteiger partial charge in [0.15, 0.2) is 23.3 Å². The number of amides is 1. The topological polar surface area (TPSA) is 141 Å². The first-order valence-electron chi connectivity index (χ1n) is 12.8. The van der Waals surface area contributed by atoms with Gasteiger partial charge in [0, 0.05) is 32.9 Å². The fourth-order valence-corrected chi connectivity index (χ4v) is 3.54. The van der Waals surface area contributed by atoms with Crippen LogP contribution in [0.5, 0.6) is 17.2 Å². The molecule has 0 saturated heterocycles. The van der Waals surface area contributed by atoms with Crippen molar-refractivity contribution in [3.8, 4) is 17.2 Å². The van der Waals surface area contributed by atoms with Crippen molar-refractivity contribution < 1.29 is 47.5 Å². The number of benzene rings is 1. The molecule has 4 atom stereocenters. The SMILES string of the molecule is CCCO[C@@H](COC)[C@@H](Oc1ccccc1)[C@H](C)OC(=O)[C@H](C)NC(=O)c1nccc(OC)c1OCOC(C)=O. The van der Waals surface area contributed by atoms with Gasteiger partial charge >= 0.3 is 11.9 Å². The van der Waals surface area contributed by atoms with E-state index in [2.05, 4.69) is 10.3 Å².